The van der Waals surface area contributed by atoms with Gasteiger partial charge in [-0.2, -0.15) is 5.26 Å². The van der Waals surface area contributed by atoms with E-state index in [-0.39, 0.29) is 5.41 Å². The molecule has 1 fully saturated rings. The molecule has 0 N–H and O–H groups in total. The molecule has 0 bridgehead atoms. The Morgan fingerprint density at radius 3 is 2.04 bits per heavy atom. The predicted octanol–water partition coefficient (Wildman–Crippen LogP) is 12.1. The minimum atomic E-state index is 0.139. The number of fused-ring (bicyclic) bond motifs is 8. The lowest BCUT2D eigenvalue weighted by Crippen LogP contribution is -2.28. The summed E-state index contributed by atoms with van der Waals surface area (Å²) in [6.07, 6.45) is 6.37. The van der Waals surface area contributed by atoms with Gasteiger partial charge in [0, 0.05) is 21.9 Å². The van der Waals surface area contributed by atoms with Crippen molar-refractivity contribution in [1.29, 1.82) is 5.26 Å². The molecule has 1 spiro atoms. The lowest BCUT2D eigenvalue weighted by atomic mass is 9.67. The molecule has 1 saturated carbocycles. The first-order chi connectivity index (χ1) is 25.2. The molecule has 0 radical (unpaired) electrons. The molecule has 0 atom stereocenters. The van der Waals surface area contributed by atoms with Gasteiger partial charge in [-0.05, 0) is 106 Å². The van der Waals surface area contributed by atoms with Crippen molar-refractivity contribution in [2.75, 3.05) is 0 Å². The quantitative estimate of drug-likeness (QED) is 0.189. The number of para-hydroxylation sites is 1. The fourth-order valence-electron chi connectivity index (χ4n) is 8.64. The summed E-state index contributed by atoms with van der Waals surface area (Å²) in [6.45, 7) is 0. The molecule has 0 unspecified atom stereocenters. The first-order valence-corrected chi connectivity index (χ1v) is 17.8. The fraction of sp³-hybridized carbons (Fsp3) is 0.128. The Morgan fingerprint density at radius 2 is 1.22 bits per heavy atom. The second kappa shape index (κ2) is 11.6. The molecule has 0 amide bonds. The van der Waals surface area contributed by atoms with Crippen LogP contribution in [0, 0.1) is 11.3 Å². The van der Waals surface area contributed by atoms with Crippen molar-refractivity contribution in [2.45, 2.75) is 37.5 Å². The number of furan rings is 1. The Hall–Kier alpha value is -6.31. The zero-order valence-corrected chi connectivity index (χ0v) is 28.1. The van der Waals surface area contributed by atoms with Crippen LogP contribution in [0.5, 0.6) is 0 Å². The summed E-state index contributed by atoms with van der Waals surface area (Å²) in [5.74, 6) is 0.595. The van der Waals surface area contributed by atoms with Gasteiger partial charge in [-0.25, -0.2) is 9.97 Å². The molecule has 2 aliphatic carbocycles. The first kappa shape index (κ1) is 29.6. The molecular weight excluding hydrogens is 623 g/mol. The van der Waals surface area contributed by atoms with E-state index in [0.717, 1.165) is 38.9 Å². The molecule has 242 valence electrons. The zero-order valence-electron chi connectivity index (χ0n) is 28.1. The summed E-state index contributed by atoms with van der Waals surface area (Å²) >= 11 is 0. The molecule has 2 aliphatic rings. The van der Waals surface area contributed by atoms with Gasteiger partial charge in [0.15, 0.2) is 11.4 Å². The van der Waals surface area contributed by atoms with Gasteiger partial charge < -0.3 is 4.42 Å². The van der Waals surface area contributed by atoms with Crippen LogP contribution >= 0.6 is 0 Å². The Bertz CT molecular complexity index is 2670. The van der Waals surface area contributed by atoms with Crippen molar-refractivity contribution in [3.63, 3.8) is 0 Å². The molecule has 2 heterocycles. The molecule has 51 heavy (non-hydrogen) atoms. The van der Waals surface area contributed by atoms with Gasteiger partial charge in [-0.15, -0.1) is 0 Å². The highest BCUT2D eigenvalue weighted by molar-refractivity contribution is 6.07. The van der Waals surface area contributed by atoms with Crippen LogP contribution in [-0.4, -0.2) is 9.97 Å². The van der Waals surface area contributed by atoms with Gasteiger partial charge in [0.05, 0.1) is 11.6 Å². The third-order valence-electron chi connectivity index (χ3n) is 11.2. The molecule has 0 saturated heterocycles. The van der Waals surface area contributed by atoms with Gasteiger partial charge in [0.1, 0.15) is 16.8 Å². The van der Waals surface area contributed by atoms with Crippen LogP contribution < -0.4 is 0 Å². The van der Waals surface area contributed by atoms with Crippen molar-refractivity contribution in [3.05, 3.63) is 156 Å². The van der Waals surface area contributed by atoms with Gasteiger partial charge >= 0.3 is 0 Å². The molecule has 4 nitrogen and oxygen atoms in total. The molecule has 8 aromatic rings. The molecule has 10 rings (SSSR count). The maximum Gasteiger partial charge on any atom is 0.180 e. The van der Waals surface area contributed by atoms with Crippen molar-refractivity contribution in [1.82, 2.24) is 9.97 Å². The summed E-state index contributed by atoms with van der Waals surface area (Å²) in [7, 11) is 0. The van der Waals surface area contributed by atoms with E-state index in [4.69, 9.17) is 14.4 Å². The van der Waals surface area contributed by atoms with Gasteiger partial charge in [-0.1, -0.05) is 110 Å². The van der Waals surface area contributed by atoms with Crippen LogP contribution in [0.25, 0.3) is 78.1 Å². The highest BCUT2D eigenvalue weighted by atomic mass is 16.3. The summed E-state index contributed by atoms with van der Waals surface area (Å²) in [5.41, 5.74) is 16.2. The van der Waals surface area contributed by atoms with Crippen molar-refractivity contribution in [3.8, 4) is 62.1 Å². The number of benzene rings is 6. The average Bonchev–Trinajstić information content (AvgIpc) is 3.71. The third kappa shape index (κ3) is 4.73. The van der Waals surface area contributed by atoms with E-state index < -0.39 is 0 Å². The minimum absolute atomic E-state index is 0.139. The van der Waals surface area contributed by atoms with Crippen LogP contribution in [-0.2, 0) is 5.41 Å². The van der Waals surface area contributed by atoms with Gasteiger partial charge in [0.2, 0.25) is 0 Å². The van der Waals surface area contributed by atoms with Gasteiger partial charge in [-0.3, -0.25) is 0 Å². The van der Waals surface area contributed by atoms with Gasteiger partial charge in [0.25, 0.3) is 0 Å². The predicted molar refractivity (Wildman–Crippen MR) is 205 cm³/mol. The maximum absolute atomic E-state index is 9.32. The highest BCUT2D eigenvalue weighted by Crippen LogP contribution is 2.56. The lowest BCUT2D eigenvalue weighted by Gasteiger charge is -2.36. The van der Waals surface area contributed by atoms with Crippen LogP contribution in [0.2, 0.25) is 0 Å². The highest BCUT2D eigenvalue weighted by Gasteiger charge is 2.43. The molecule has 4 heteroatoms. The number of hydrogen-bond acceptors (Lipinski definition) is 4. The Balaban J connectivity index is 1.03. The second-order valence-corrected chi connectivity index (χ2v) is 14.0. The number of hydrogen-bond donors (Lipinski definition) is 0. The van der Waals surface area contributed by atoms with Crippen LogP contribution in [0.15, 0.2) is 144 Å². The van der Waals surface area contributed by atoms with Crippen molar-refractivity contribution >= 4 is 22.1 Å². The van der Waals surface area contributed by atoms with E-state index in [0.29, 0.717) is 17.0 Å². The van der Waals surface area contributed by atoms with E-state index in [2.05, 4.69) is 97.1 Å². The second-order valence-electron chi connectivity index (χ2n) is 14.0. The van der Waals surface area contributed by atoms with E-state index >= 15 is 0 Å². The Morgan fingerprint density at radius 1 is 0.549 bits per heavy atom. The number of nitrogens with zero attached hydrogens (tertiary/aromatic N) is 3. The van der Waals surface area contributed by atoms with E-state index in [1.807, 2.05) is 36.4 Å². The minimum Gasteiger partial charge on any atom is -0.452 e. The Labute approximate surface area is 296 Å². The van der Waals surface area contributed by atoms with Crippen molar-refractivity contribution in [2.24, 2.45) is 0 Å². The fourth-order valence-corrected chi connectivity index (χ4v) is 8.64. The summed E-state index contributed by atoms with van der Waals surface area (Å²) in [4.78, 5) is 9.99. The smallest absolute Gasteiger partial charge is 0.180 e. The number of nitriles is 1. The van der Waals surface area contributed by atoms with E-state index in [1.165, 1.54) is 71.0 Å². The zero-order chi connectivity index (χ0) is 33.9. The summed E-state index contributed by atoms with van der Waals surface area (Å²) < 4.78 is 6.37. The normalized spacial score (nSPS) is 14.4. The standard InChI is InChI=1S/C47H33N3O/c48-29-30-15-17-33(18-16-30)46-49-43(45-44(50-46)39-12-3-5-14-42(39)51-45)32-21-19-31(20-22-32)34-9-8-10-35(27-34)36-23-24-38-37-11-2-4-13-40(37)47(41(38)28-36)25-6-1-7-26-47/h2-5,8-24,27-28H,1,6-7,25-26H2. The monoisotopic (exact) mass is 655 g/mol. The molecular formula is C47H33N3O. The van der Waals surface area contributed by atoms with Crippen molar-refractivity contribution < 1.29 is 4.42 Å². The number of aromatic nitrogens is 2. The van der Waals surface area contributed by atoms with Crippen LogP contribution in [0.3, 0.4) is 0 Å². The van der Waals surface area contributed by atoms with Crippen LogP contribution in [0.1, 0.15) is 48.8 Å². The SMILES string of the molecule is N#Cc1ccc(-c2nc(-c3ccc(-c4cccc(-c5ccc6c(c5)C5(CCCCC5)c5ccccc5-6)c4)cc3)c3oc4ccccc4c3n2)cc1. The summed E-state index contributed by atoms with van der Waals surface area (Å²) in [5, 5.41) is 10.3. The third-order valence-corrected chi connectivity index (χ3v) is 11.2. The Kier molecular flexibility index (Phi) is 6.76. The van der Waals surface area contributed by atoms with E-state index in [1.54, 1.807) is 12.1 Å². The van der Waals surface area contributed by atoms with E-state index in [9.17, 15) is 5.26 Å². The molecule has 6 aromatic carbocycles. The first-order valence-electron chi connectivity index (χ1n) is 17.8. The maximum atomic E-state index is 9.32. The average molecular weight is 656 g/mol. The van der Waals surface area contributed by atoms with Crippen LogP contribution in [0.4, 0.5) is 0 Å². The summed E-state index contributed by atoms with van der Waals surface area (Å²) in [6, 6.07) is 51.3. The topological polar surface area (TPSA) is 62.7 Å². The lowest BCUT2D eigenvalue weighted by molar-refractivity contribution is 0.353. The number of rotatable bonds is 4. The largest absolute Gasteiger partial charge is 0.452 e. The molecule has 2 aromatic heterocycles. The molecule has 0 aliphatic heterocycles.